The number of hydrogen-bond donors (Lipinski definition) is 1. The second kappa shape index (κ2) is 6.37. The van der Waals surface area contributed by atoms with Crippen LogP contribution in [0.3, 0.4) is 0 Å². The van der Waals surface area contributed by atoms with Crippen molar-refractivity contribution in [3.63, 3.8) is 0 Å². The molecule has 1 fully saturated rings. The van der Waals surface area contributed by atoms with Crippen LogP contribution in [0, 0.1) is 0 Å². The zero-order valence-corrected chi connectivity index (χ0v) is 7.37. The van der Waals surface area contributed by atoms with E-state index in [1.54, 1.807) is 0 Å². The number of aliphatic hydroxyl groups is 1. The minimum Gasteiger partial charge on any atom is -0.396 e. The van der Waals surface area contributed by atoms with Crippen molar-refractivity contribution in [2.75, 3.05) is 39.5 Å². The van der Waals surface area contributed by atoms with E-state index in [-0.39, 0.29) is 6.61 Å². The van der Waals surface area contributed by atoms with E-state index in [1.807, 2.05) is 5.06 Å². The Morgan fingerprint density at radius 2 is 2.00 bits per heavy atom. The summed E-state index contributed by atoms with van der Waals surface area (Å²) in [6.07, 6.45) is 1.75. The van der Waals surface area contributed by atoms with Crippen LogP contribution in [0.4, 0.5) is 0 Å². The molecule has 72 valence electrons. The van der Waals surface area contributed by atoms with Gasteiger partial charge in [-0.25, -0.2) is 0 Å². The molecular weight excluding hydrogens is 158 g/mol. The lowest BCUT2D eigenvalue weighted by Crippen LogP contribution is -2.36. The number of ether oxygens (including phenoxy) is 1. The van der Waals surface area contributed by atoms with Crippen LogP contribution in [0.2, 0.25) is 0 Å². The number of unbranched alkanes of at least 4 members (excludes halogenated alkanes) is 1. The molecule has 12 heavy (non-hydrogen) atoms. The Kier molecular flexibility index (Phi) is 5.27. The quantitative estimate of drug-likeness (QED) is 0.598. The zero-order valence-electron chi connectivity index (χ0n) is 7.37. The Labute approximate surface area is 73.0 Å². The van der Waals surface area contributed by atoms with Crippen molar-refractivity contribution in [1.82, 2.24) is 5.06 Å². The Hall–Kier alpha value is -0.160. The number of nitrogens with zero attached hydrogens (tertiary/aromatic N) is 1. The third kappa shape index (κ3) is 4.01. The highest BCUT2D eigenvalue weighted by Crippen LogP contribution is 1.99. The third-order valence-electron chi connectivity index (χ3n) is 1.80. The lowest BCUT2D eigenvalue weighted by Gasteiger charge is -2.25. The summed E-state index contributed by atoms with van der Waals surface area (Å²) >= 11 is 0. The van der Waals surface area contributed by atoms with Crippen molar-refractivity contribution in [3.05, 3.63) is 0 Å². The average Bonchev–Trinajstić information content (AvgIpc) is 2.14. The summed E-state index contributed by atoms with van der Waals surface area (Å²) in [6.45, 7) is 4.21. The minimum atomic E-state index is 0.256. The number of morpholine rings is 1. The maximum absolute atomic E-state index is 8.51. The first-order valence-corrected chi connectivity index (χ1v) is 4.50. The second-order valence-electron chi connectivity index (χ2n) is 2.81. The first-order valence-electron chi connectivity index (χ1n) is 4.50. The molecule has 1 rings (SSSR count). The molecule has 0 aromatic rings. The molecule has 0 amide bonds. The smallest absolute Gasteiger partial charge is 0.0686 e. The van der Waals surface area contributed by atoms with Gasteiger partial charge >= 0.3 is 0 Å². The zero-order chi connectivity index (χ0) is 8.65. The summed E-state index contributed by atoms with van der Waals surface area (Å²) in [5, 5.41) is 10.4. The highest BCUT2D eigenvalue weighted by atomic mass is 16.7. The van der Waals surface area contributed by atoms with E-state index in [1.165, 1.54) is 0 Å². The Morgan fingerprint density at radius 3 is 2.67 bits per heavy atom. The molecule has 1 aliphatic heterocycles. The van der Waals surface area contributed by atoms with Gasteiger partial charge in [-0.05, 0) is 12.8 Å². The van der Waals surface area contributed by atoms with Crippen molar-refractivity contribution in [1.29, 1.82) is 0 Å². The van der Waals surface area contributed by atoms with Crippen LogP contribution >= 0.6 is 0 Å². The van der Waals surface area contributed by atoms with Gasteiger partial charge in [0, 0.05) is 19.7 Å². The molecule has 0 atom stereocenters. The van der Waals surface area contributed by atoms with Crippen LogP contribution in [0.1, 0.15) is 12.8 Å². The van der Waals surface area contributed by atoms with Gasteiger partial charge in [0.15, 0.2) is 0 Å². The SMILES string of the molecule is OCCCCON1CCOCC1. The van der Waals surface area contributed by atoms with Crippen molar-refractivity contribution in [2.24, 2.45) is 0 Å². The lowest BCUT2D eigenvalue weighted by atomic mass is 10.3. The second-order valence-corrected chi connectivity index (χ2v) is 2.81. The van der Waals surface area contributed by atoms with E-state index in [4.69, 9.17) is 14.7 Å². The molecule has 0 radical (unpaired) electrons. The maximum Gasteiger partial charge on any atom is 0.0686 e. The Bertz CT molecular complexity index is 104. The molecule has 0 aliphatic carbocycles. The highest BCUT2D eigenvalue weighted by Gasteiger charge is 2.09. The normalized spacial score (nSPS) is 19.8. The number of hydroxylamine groups is 2. The summed E-state index contributed by atoms with van der Waals surface area (Å²) in [4.78, 5) is 5.43. The third-order valence-corrected chi connectivity index (χ3v) is 1.80. The van der Waals surface area contributed by atoms with Crippen molar-refractivity contribution in [2.45, 2.75) is 12.8 Å². The first-order chi connectivity index (χ1) is 5.93. The number of aliphatic hydroxyl groups excluding tert-OH is 1. The van der Waals surface area contributed by atoms with Gasteiger partial charge in [-0.3, -0.25) is 4.84 Å². The lowest BCUT2D eigenvalue weighted by molar-refractivity contribution is -0.194. The van der Waals surface area contributed by atoms with E-state index < -0.39 is 0 Å². The molecule has 1 aliphatic rings. The Morgan fingerprint density at radius 1 is 1.25 bits per heavy atom. The summed E-state index contributed by atoms with van der Waals surface area (Å²) in [7, 11) is 0. The van der Waals surface area contributed by atoms with E-state index in [2.05, 4.69) is 0 Å². The van der Waals surface area contributed by atoms with Gasteiger partial charge in [0.05, 0.1) is 19.8 Å². The average molecular weight is 175 g/mol. The van der Waals surface area contributed by atoms with Crippen LogP contribution in [-0.2, 0) is 9.57 Å². The first kappa shape index (κ1) is 9.92. The van der Waals surface area contributed by atoms with Gasteiger partial charge in [0.1, 0.15) is 0 Å². The molecule has 1 heterocycles. The fourth-order valence-corrected chi connectivity index (χ4v) is 1.08. The minimum absolute atomic E-state index is 0.256. The predicted octanol–water partition coefficient (Wildman–Crippen LogP) is 0.0227. The maximum atomic E-state index is 8.51. The molecule has 4 nitrogen and oxygen atoms in total. The summed E-state index contributed by atoms with van der Waals surface area (Å²) in [6, 6.07) is 0. The summed E-state index contributed by atoms with van der Waals surface area (Å²) in [5.41, 5.74) is 0. The Balaban J connectivity index is 1.91. The fourth-order valence-electron chi connectivity index (χ4n) is 1.08. The van der Waals surface area contributed by atoms with Gasteiger partial charge in [-0.1, -0.05) is 0 Å². The van der Waals surface area contributed by atoms with Crippen molar-refractivity contribution >= 4 is 0 Å². The monoisotopic (exact) mass is 175 g/mol. The molecule has 0 bridgehead atoms. The molecule has 0 saturated carbocycles. The van der Waals surface area contributed by atoms with Crippen molar-refractivity contribution in [3.8, 4) is 0 Å². The molecule has 0 spiro atoms. The predicted molar refractivity (Wildman–Crippen MR) is 44.7 cm³/mol. The van der Waals surface area contributed by atoms with E-state index >= 15 is 0 Å². The standard InChI is InChI=1S/C8H17NO3/c10-5-1-2-6-12-9-3-7-11-8-4-9/h10H,1-8H2. The van der Waals surface area contributed by atoms with Gasteiger partial charge in [-0.15, -0.1) is 0 Å². The number of hydrogen-bond acceptors (Lipinski definition) is 4. The fraction of sp³-hybridized carbons (Fsp3) is 1.00. The van der Waals surface area contributed by atoms with Gasteiger partial charge in [0.25, 0.3) is 0 Å². The molecule has 0 unspecified atom stereocenters. The van der Waals surface area contributed by atoms with Crippen LogP contribution in [-0.4, -0.2) is 49.7 Å². The molecule has 0 aromatic heterocycles. The highest BCUT2D eigenvalue weighted by molar-refractivity contribution is 4.51. The molecule has 1 N–H and O–H groups in total. The van der Waals surface area contributed by atoms with Gasteiger partial charge in [0.2, 0.25) is 0 Å². The largest absolute Gasteiger partial charge is 0.396 e. The van der Waals surface area contributed by atoms with E-state index in [0.29, 0.717) is 6.61 Å². The van der Waals surface area contributed by atoms with Crippen LogP contribution in [0.5, 0.6) is 0 Å². The summed E-state index contributed by atoms with van der Waals surface area (Å²) in [5.74, 6) is 0. The topological polar surface area (TPSA) is 41.9 Å². The van der Waals surface area contributed by atoms with Crippen LogP contribution < -0.4 is 0 Å². The molecule has 0 aromatic carbocycles. The molecule has 1 saturated heterocycles. The molecule has 4 heteroatoms. The number of rotatable bonds is 5. The van der Waals surface area contributed by atoms with Crippen LogP contribution in [0.25, 0.3) is 0 Å². The van der Waals surface area contributed by atoms with E-state index in [9.17, 15) is 0 Å². The van der Waals surface area contributed by atoms with Crippen molar-refractivity contribution < 1.29 is 14.7 Å². The summed E-state index contributed by atoms with van der Waals surface area (Å²) < 4.78 is 5.17. The van der Waals surface area contributed by atoms with Gasteiger partial charge < -0.3 is 9.84 Å². The van der Waals surface area contributed by atoms with Gasteiger partial charge in [-0.2, -0.15) is 5.06 Å². The molecular formula is C8H17NO3. The van der Waals surface area contributed by atoms with Crippen LogP contribution in [0.15, 0.2) is 0 Å². The van der Waals surface area contributed by atoms with E-state index in [0.717, 1.165) is 39.1 Å².